The number of piperazine rings is 1. The largest absolute Gasteiger partial charge is 0.497 e. The third-order valence-corrected chi connectivity index (χ3v) is 6.04. The van der Waals surface area contributed by atoms with Gasteiger partial charge in [0.25, 0.3) is 0 Å². The van der Waals surface area contributed by atoms with Crippen LogP contribution in [-0.2, 0) is 0 Å². The molecule has 0 radical (unpaired) electrons. The minimum atomic E-state index is -0.458. The Kier molecular flexibility index (Phi) is 5.79. The van der Waals surface area contributed by atoms with Crippen LogP contribution in [0, 0.1) is 5.82 Å². The number of hydrogen-bond acceptors (Lipinski definition) is 5. The van der Waals surface area contributed by atoms with Crippen molar-refractivity contribution in [2.45, 2.75) is 13.0 Å². The summed E-state index contributed by atoms with van der Waals surface area (Å²) in [4.78, 5) is 21.7. The molecule has 2 aliphatic heterocycles. The van der Waals surface area contributed by atoms with Gasteiger partial charge in [-0.25, -0.2) is 14.2 Å². The third-order valence-electron chi connectivity index (χ3n) is 6.04. The fourth-order valence-electron chi connectivity index (χ4n) is 4.27. The molecule has 3 aromatic carbocycles. The van der Waals surface area contributed by atoms with E-state index in [1.807, 2.05) is 49.4 Å². The summed E-state index contributed by atoms with van der Waals surface area (Å²) in [5, 5.41) is 2.69. The normalized spacial score (nSPS) is 17.0. The topological polar surface area (TPSA) is 66.4 Å². The number of para-hydroxylation sites is 3. The fraction of sp³-hybridized carbons (Fsp3) is 0.231. The molecule has 5 rings (SSSR count). The summed E-state index contributed by atoms with van der Waals surface area (Å²) >= 11 is 0. The molecule has 0 bridgehead atoms. The average Bonchev–Trinajstić information content (AvgIpc) is 3.01. The van der Waals surface area contributed by atoms with Crippen LogP contribution in [0.1, 0.15) is 12.5 Å². The van der Waals surface area contributed by atoms with Crippen LogP contribution in [0.3, 0.4) is 0 Å². The maximum Gasteiger partial charge on any atom is 0.322 e. The lowest BCUT2D eigenvalue weighted by atomic mass is 10.1. The van der Waals surface area contributed by atoms with Crippen molar-refractivity contribution in [3.05, 3.63) is 78.1 Å². The van der Waals surface area contributed by atoms with Gasteiger partial charge in [0.1, 0.15) is 28.8 Å². The number of urea groups is 1. The van der Waals surface area contributed by atoms with Crippen molar-refractivity contribution in [3.8, 4) is 17.2 Å². The number of amidine groups is 1. The lowest BCUT2D eigenvalue weighted by Gasteiger charge is -2.41. The predicted octanol–water partition coefficient (Wildman–Crippen LogP) is 5.26. The third kappa shape index (κ3) is 4.14. The van der Waals surface area contributed by atoms with Crippen LogP contribution < -0.4 is 14.8 Å². The first-order valence-corrected chi connectivity index (χ1v) is 11.1. The number of hydrogen-bond donors (Lipinski definition) is 1. The summed E-state index contributed by atoms with van der Waals surface area (Å²) in [5.74, 6) is 2.35. The summed E-state index contributed by atoms with van der Waals surface area (Å²) in [7, 11) is 1.62. The number of anilines is 1. The molecule has 1 fully saturated rings. The molecule has 0 saturated carbocycles. The van der Waals surface area contributed by atoms with Gasteiger partial charge in [0, 0.05) is 31.7 Å². The minimum Gasteiger partial charge on any atom is -0.497 e. The van der Waals surface area contributed by atoms with Crippen molar-refractivity contribution < 1.29 is 18.7 Å². The van der Waals surface area contributed by atoms with E-state index in [9.17, 15) is 9.18 Å². The minimum absolute atomic E-state index is 0.121. The van der Waals surface area contributed by atoms with Gasteiger partial charge in [0.2, 0.25) is 0 Å². The molecule has 8 heteroatoms. The van der Waals surface area contributed by atoms with E-state index in [1.165, 1.54) is 6.07 Å². The fourth-order valence-corrected chi connectivity index (χ4v) is 4.27. The zero-order chi connectivity index (χ0) is 23.7. The van der Waals surface area contributed by atoms with Gasteiger partial charge in [-0.1, -0.05) is 24.3 Å². The first-order valence-electron chi connectivity index (χ1n) is 11.1. The Morgan fingerprint density at radius 2 is 1.88 bits per heavy atom. The standard InChI is InChI=1S/C26H25FN4O3/c1-17-16-30(13-14-31(17)26(32)29-21-8-4-3-7-20(21)27)25-19-12-11-18(33-2)15-24(19)34-23-10-6-5-9-22(23)28-25/h3-12,15,17H,13-14,16H2,1-2H3,(H,29,32)/t17-/m1/s1. The number of aliphatic imine (C=N–C) groups is 1. The maximum atomic E-state index is 14.0. The molecule has 2 aliphatic rings. The Balaban J connectivity index is 1.41. The number of carbonyl (C=O) groups is 1. The van der Waals surface area contributed by atoms with Crippen LogP contribution in [0.2, 0.25) is 0 Å². The van der Waals surface area contributed by atoms with E-state index in [1.54, 1.807) is 30.2 Å². The lowest BCUT2D eigenvalue weighted by molar-refractivity contribution is 0.144. The van der Waals surface area contributed by atoms with E-state index in [2.05, 4.69) is 10.2 Å². The van der Waals surface area contributed by atoms with Gasteiger partial charge in [-0.3, -0.25) is 0 Å². The summed E-state index contributed by atoms with van der Waals surface area (Å²) in [6.45, 7) is 3.58. The van der Waals surface area contributed by atoms with Gasteiger partial charge in [-0.2, -0.15) is 0 Å². The van der Waals surface area contributed by atoms with E-state index in [-0.39, 0.29) is 17.8 Å². The zero-order valence-electron chi connectivity index (χ0n) is 19.0. The number of methoxy groups -OCH3 is 1. The average molecular weight is 461 g/mol. The number of benzene rings is 3. The second-order valence-corrected chi connectivity index (χ2v) is 8.27. The van der Waals surface area contributed by atoms with Gasteiger partial charge >= 0.3 is 6.03 Å². The van der Waals surface area contributed by atoms with E-state index in [0.29, 0.717) is 36.9 Å². The number of amides is 2. The number of halogens is 1. The van der Waals surface area contributed by atoms with E-state index < -0.39 is 5.82 Å². The molecule has 0 aliphatic carbocycles. The van der Waals surface area contributed by atoms with Crippen LogP contribution in [0.15, 0.2) is 71.7 Å². The monoisotopic (exact) mass is 460 g/mol. The molecule has 34 heavy (non-hydrogen) atoms. The highest BCUT2D eigenvalue weighted by molar-refractivity contribution is 6.04. The molecule has 2 heterocycles. The molecule has 1 saturated heterocycles. The number of fused-ring (bicyclic) bond motifs is 2. The molecular formula is C26H25FN4O3. The van der Waals surface area contributed by atoms with Crippen LogP contribution >= 0.6 is 0 Å². The van der Waals surface area contributed by atoms with Crippen molar-refractivity contribution in [1.82, 2.24) is 9.80 Å². The second kappa shape index (κ2) is 9.05. The first-order chi connectivity index (χ1) is 16.5. The van der Waals surface area contributed by atoms with Crippen molar-refractivity contribution in [3.63, 3.8) is 0 Å². The quantitative estimate of drug-likeness (QED) is 0.567. The van der Waals surface area contributed by atoms with E-state index in [4.69, 9.17) is 14.5 Å². The zero-order valence-corrected chi connectivity index (χ0v) is 19.0. The molecular weight excluding hydrogens is 435 g/mol. The SMILES string of the molecule is COc1ccc2c(c1)Oc1ccccc1N=C2N1CCN(C(=O)Nc2ccccc2F)[C@H](C)C1. The van der Waals surface area contributed by atoms with Crippen LogP contribution in [-0.4, -0.2) is 54.5 Å². The first kappa shape index (κ1) is 21.8. The predicted molar refractivity (Wildman–Crippen MR) is 129 cm³/mol. The number of carbonyl (C=O) groups excluding carboxylic acids is 1. The number of ether oxygens (including phenoxy) is 2. The number of nitrogens with one attached hydrogen (secondary N) is 1. The van der Waals surface area contributed by atoms with Gasteiger partial charge in [-0.15, -0.1) is 0 Å². The molecule has 7 nitrogen and oxygen atoms in total. The second-order valence-electron chi connectivity index (χ2n) is 8.27. The van der Waals surface area contributed by atoms with E-state index in [0.717, 1.165) is 17.1 Å². The van der Waals surface area contributed by atoms with Crippen LogP contribution in [0.25, 0.3) is 0 Å². The summed E-state index contributed by atoms with van der Waals surface area (Å²) in [6.07, 6.45) is 0. The Morgan fingerprint density at radius 1 is 1.09 bits per heavy atom. The van der Waals surface area contributed by atoms with Gasteiger partial charge in [-0.05, 0) is 43.3 Å². The highest BCUT2D eigenvalue weighted by Gasteiger charge is 2.32. The smallest absolute Gasteiger partial charge is 0.322 e. The summed E-state index contributed by atoms with van der Waals surface area (Å²) in [6, 6.07) is 19.0. The number of rotatable bonds is 2. The molecule has 1 N–H and O–H groups in total. The van der Waals surface area contributed by atoms with Crippen LogP contribution in [0.4, 0.5) is 20.6 Å². The number of nitrogens with zero attached hydrogens (tertiary/aromatic N) is 3. The highest BCUT2D eigenvalue weighted by Crippen LogP contribution is 2.39. The molecule has 2 amide bonds. The van der Waals surface area contributed by atoms with Gasteiger partial charge in [0.05, 0.1) is 18.4 Å². The summed E-state index contributed by atoms with van der Waals surface area (Å²) < 4.78 is 25.6. The lowest BCUT2D eigenvalue weighted by Crippen LogP contribution is -2.56. The Bertz CT molecular complexity index is 1260. The Morgan fingerprint density at radius 3 is 2.68 bits per heavy atom. The molecule has 174 valence electrons. The van der Waals surface area contributed by atoms with Crippen molar-refractivity contribution in [2.75, 3.05) is 32.1 Å². The van der Waals surface area contributed by atoms with Crippen molar-refractivity contribution >= 4 is 23.2 Å². The molecule has 3 aromatic rings. The highest BCUT2D eigenvalue weighted by atomic mass is 19.1. The molecule has 0 aromatic heterocycles. The molecule has 1 atom stereocenters. The van der Waals surface area contributed by atoms with Crippen LogP contribution in [0.5, 0.6) is 17.2 Å². The molecule has 0 spiro atoms. The van der Waals surface area contributed by atoms with Gasteiger partial charge in [0.15, 0.2) is 5.75 Å². The Labute approximate surface area is 197 Å². The maximum absolute atomic E-state index is 14.0. The Hall–Kier alpha value is -4.07. The van der Waals surface area contributed by atoms with E-state index >= 15 is 0 Å². The van der Waals surface area contributed by atoms with Crippen molar-refractivity contribution in [1.29, 1.82) is 0 Å². The summed E-state index contributed by atoms with van der Waals surface area (Å²) in [5.41, 5.74) is 1.76. The van der Waals surface area contributed by atoms with Gasteiger partial charge < -0.3 is 24.6 Å². The van der Waals surface area contributed by atoms with Crippen molar-refractivity contribution in [2.24, 2.45) is 4.99 Å². The molecule has 0 unspecified atom stereocenters.